The number of hydrogen-bond acceptors (Lipinski definition) is 4. The number of carbonyl (C=O) groups excluding carboxylic acids is 1. The Kier molecular flexibility index (Phi) is 7.25. The molecule has 0 spiro atoms. The SMILES string of the molecule is COc1cccc(C(CNC(=O)CCc2ccccc2)N2CCOCC2)c1. The predicted molar refractivity (Wildman–Crippen MR) is 106 cm³/mol. The Balaban J connectivity index is 1.61. The minimum atomic E-state index is 0.0833. The smallest absolute Gasteiger partial charge is 0.220 e. The van der Waals surface area contributed by atoms with Crippen LogP contribution in [0.5, 0.6) is 5.75 Å². The second kappa shape index (κ2) is 10.1. The summed E-state index contributed by atoms with van der Waals surface area (Å²) in [7, 11) is 1.67. The van der Waals surface area contributed by atoms with E-state index in [2.05, 4.69) is 34.5 Å². The fourth-order valence-corrected chi connectivity index (χ4v) is 3.40. The van der Waals surface area contributed by atoms with Crippen LogP contribution >= 0.6 is 0 Å². The molecule has 0 aliphatic carbocycles. The van der Waals surface area contributed by atoms with Gasteiger partial charge in [0, 0.05) is 26.1 Å². The van der Waals surface area contributed by atoms with E-state index in [1.54, 1.807) is 7.11 Å². The van der Waals surface area contributed by atoms with Crippen molar-refractivity contribution in [1.82, 2.24) is 10.2 Å². The number of ether oxygens (including phenoxy) is 2. The van der Waals surface area contributed by atoms with E-state index in [0.717, 1.165) is 44.0 Å². The molecule has 1 N–H and O–H groups in total. The highest BCUT2D eigenvalue weighted by molar-refractivity contribution is 5.76. The maximum Gasteiger partial charge on any atom is 0.220 e. The summed E-state index contributed by atoms with van der Waals surface area (Å²) in [6, 6.07) is 18.3. The van der Waals surface area contributed by atoms with Gasteiger partial charge in [-0.05, 0) is 29.7 Å². The molecule has 144 valence electrons. The van der Waals surface area contributed by atoms with E-state index in [1.165, 1.54) is 5.56 Å². The number of morpholine rings is 1. The van der Waals surface area contributed by atoms with Crippen LogP contribution in [-0.4, -0.2) is 50.8 Å². The summed E-state index contributed by atoms with van der Waals surface area (Å²) < 4.78 is 10.9. The molecule has 1 unspecified atom stereocenters. The number of nitrogens with one attached hydrogen (secondary N) is 1. The third-order valence-corrected chi connectivity index (χ3v) is 4.94. The van der Waals surface area contributed by atoms with E-state index in [9.17, 15) is 4.79 Å². The lowest BCUT2D eigenvalue weighted by molar-refractivity contribution is -0.121. The van der Waals surface area contributed by atoms with Crippen molar-refractivity contribution in [2.45, 2.75) is 18.9 Å². The van der Waals surface area contributed by atoms with Crippen LogP contribution in [0.25, 0.3) is 0 Å². The van der Waals surface area contributed by atoms with Gasteiger partial charge in [-0.15, -0.1) is 0 Å². The molecule has 0 saturated carbocycles. The number of hydrogen-bond donors (Lipinski definition) is 1. The third kappa shape index (κ3) is 5.81. The molecule has 2 aromatic carbocycles. The monoisotopic (exact) mass is 368 g/mol. The summed E-state index contributed by atoms with van der Waals surface area (Å²) >= 11 is 0. The molecule has 1 saturated heterocycles. The third-order valence-electron chi connectivity index (χ3n) is 4.94. The minimum Gasteiger partial charge on any atom is -0.497 e. The van der Waals surface area contributed by atoms with E-state index in [0.29, 0.717) is 13.0 Å². The van der Waals surface area contributed by atoms with Crippen molar-refractivity contribution in [3.63, 3.8) is 0 Å². The number of carbonyl (C=O) groups is 1. The van der Waals surface area contributed by atoms with Gasteiger partial charge in [0.1, 0.15) is 5.75 Å². The number of methoxy groups -OCH3 is 1. The highest BCUT2D eigenvalue weighted by atomic mass is 16.5. The second-order valence-corrected chi connectivity index (χ2v) is 6.73. The number of rotatable bonds is 8. The van der Waals surface area contributed by atoms with Gasteiger partial charge in [0.2, 0.25) is 5.91 Å². The molecular formula is C22H28N2O3. The molecule has 5 heteroatoms. The quantitative estimate of drug-likeness (QED) is 0.778. The molecule has 27 heavy (non-hydrogen) atoms. The summed E-state index contributed by atoms with van der Waals surface area (Å²) in [5.41, 5.74) is 2.34. The zero-order valence-electron chi connectivity index (χ0n) is 15.9. The molecule has 1 aliphatic rings. The van der Waals surface area contributed by atoms with Crippen molar-refractivity contribution in [2.24, 2.45) is 0 Å². The van der Waals surface area contributed by atoms with Gasteiger partial charge in [-0.25, -0.2) is 0 Å². The zero-order valence-corrected chi connectivity index (χ0v) is 15.9. The van der Waals surface area contributed by atoms with E-state index < -0.39 is 0 Å². The van der Waals surface area contributed by atoms with E-state index in [-0.39, 0.29) is 11.9 Å². The Labute approximate surface area is 161 Å². The first kappa shape index (κ1) is 19.4. The van der Waals surface area contributed by atoms with Gasteiger partial charge in [0.25, 0.3) is 0 Å². The summed E-state index contributed by atoms with van der Waals surface area (Å²) in [6.45, 7) is 3.76. The Bertz CT molecular complexity index is 715. The highest BCUT2D eigenvalue weighted by Crippen LogP contribution is 2.24. The van der Waals surface area contributed by atoms with Crippen LogP contribution in [0.3, 0.4) is 0 Å². The summed E-state index contributed by atoms with van der Waals surface area (Å²) in [5.74, 6) is 0.918. The van der Waals surface area contributed by atoms with Gasteiger partial charge < -0.3 is 14.8 Å². The standard InChI is InChI=1S/C22H28N2O3/c1-26-20-9-5-8-19(16-20)21(24-12-14-27-15-13-24)17-23-22(25)11-10-18-6-3-2-4-7-18/h2-9,16,21H,10-15,17H2,1H3,(H,23,25). The van der Waals surface area contributed by atoms with Crippen LogP contribution in [0, 0.1) is 0 Å². The van der Waals surface area contributed by atoms with Crippen molar-refractivity contribution in [2.75, 3.05) is 40.0 Å². The Hall–Kier alpha value is -2.37. The fourth-order valence-electron chi connectivity index (χ4n) is 3.40. The average molecular weight is 368 g/mol. The van der Waals surface area contributed by atoms with Crippen molar-refractivity contribution < 1.29 is 14.3 Å². The van der Waals surface area contributed by atoms with Gasteiger partial charge in [-0.1, -0.05) is 42.5 Å². The maximum absolute atomic E-state index is 12.4. The van der Waals surface area contributed by atoms with Crippen LogP contribution in [-0.2, 0) is 16.0 Å². The molecular weight excluding hydrogens is 340 g/mol. The van der Waals surface area contributed by atoms with Gasteiger partial charge in [0.15, 0.2) is 0 Å². The van der Waals surface area contributed by atoms with Gasteiger partial charge in [-0.2, -0.15) is 0 Å². The largest absolute Gasteiger partial charge is 0.497 e. The molecule has 0 radical (unpaired) electrons. The van der Waals surface area contributed by atoms with Crippen LogP contribution in [0.4, 0.5) is 0 Å². The van der Waals surface area contributed by atoms with Crippen LogP contribution in [0.2, 0.25) is 0 Å². The maximum atomic E-state index is 12.4. The minimum absolute atomic E-state index is 0.0833. The van der Waals surface area contributed by atoms with E-state index in [4.69, 9.17) is 9.47 Å². The molecule has 5 nitrogen and oxygen atoms in total. The highest BCUT2D eigenvalue weighted by Gasteiger charge is 2.23. The molecule has 3 rings (SSSR count). The van der Waals surface area contributed by atoms with Gasteiger partial charge >= 0.3 is 0 Å². The lowest BCUT2D eigenvalue weighted by Crippen LogP contribution is -2.43. The van der Waals surface area contributed by atoms with Crippen LogP contribution < -0.4 is 10.1 Å². The van der Waals surface area contributed by atoms with Crippen molar-refractivity contribution in [3.8, 4) is 5.75 Å². The molecule has 2 aromatic rings. The Morgan fingerprint density at radius 1 is 1.15 bits per heavy atom. The van der Waals surface area contributed by atoms with E-state index >= 15 is 0 Å². The topological polar surface area (TPSA) is 50.8 Å². The van der Waals surface area contributed by atoms with Crippen LogP contribution in [0.15, 0.2) is 54.6 Å². The lowest BCUT2D eigenvalue weighted by Gasteiger charge is -2.35. The number of aryl methyl sites for hydroxylation is 1. The molecule has 0 bridgehead atoms. The Morgan fingerprint density at radius 3 is 2.67 bits per heavy atom. The van der Waals surface area contributed by atoms with Crippen molar-refractivity contribution >= 4 is 5.91 Å². The molecule has 0 aromatic heterocycles. The predicted octanol–water partition coefficient (Wildman–Crippen LogP) is 2.82. The van der Waals surface area contributed by atoms with Gasteiger partial charge in [-0.3, -0.25) is 9.69 Å². The summed E-state index contributed by atoms with van der Waals surface area (Å²) in [5, 5.41) is 3.12. The lowest BCUT2D eigenvalue weighted by atomic mass is 10.0. The van der Waals surface area contributed by atoms with Crippen molar-refractivity contribution in [1.29, 1.82) is 0 Å². The second-order valence-electron chi connectivity index (χ2n) is 6.73. The first-order valence-electron chi connectivity index (χ1n) is 9.52. The van der Waals surface area contributed by atoms with Crippen molar-refractivity contribution in [3.05, 3.63) is 65.7 Å². The zero-order chi connectivity index (χ0) is 18.9. The molecule has 1 amide bonds. The molecule has 1 atom stereocenters. The molecule has 1 fully saturated rings. The Morgan fingerprint density at radius 2 is 1.93 bits per heavy atom. The van der Waals surface area contributed by atoms with Gasteiger partial charge in [0.05, 0.1) is 26.4 Å². The number of nitrogens with zero attached hydrogens (tertiary/aromatic N) is 1. The molecule has 1 aliphatic heterocycles. The normalized spacial score (nSPS) is 15.9. The van der Waals surface area contributed by atoms with Crippen LogP contribution in [0.1, 0.15) is 23.6 Å². The number of amides is 1. The summed E-state index contributed by atoms with van der Waals surface area (Å²) in [4.78, 5) is 14.7. The number of benzene rings is 2. The first-order valence-corrected chi connectivity index (χ1v) is 9.52. The molecule has 1 heterocycles. The fraction of sp³-hybridized carbons (Fsp3) is 0.409. The van der Waals surface area contributed by atoms with E-state index in [1.807, 2.05) is 30.3 Å². The first-order chi connectivity index (χ1) is 13.3. The average Bonchev–Trinajstić information content (AvgIpc) is 2.74. The summed E-state index contributed by atoms with van der Waals surface area (Å²) in [6.07, 6.45) is 1.26.